The number of ether oxygens (including phenoxy) is 1. The van der Waals surface area contributed by atoms with Crippen molar-refractivity contribution in [2.45, 2.75) is 62.9 Å². The van der Waals surface area contributed by atoms with Gasteiger partial charge in [0.1, 0.15) is 23.5 Å². The summed E-state index contributed by atoms with van der Waals surface area (Å²) in [6, 6.07) is 44.1. The zero-order valence-electron chi connectivity index (χ0n) is 34.9. The van der Waals surface area contributed by atoms with E-state index in [9.17, 15) is 0 Å². The SMILES string of the molecule is C1=CC(C2=NC(C3=C(c4cccc5c4Oc4ccccc4C54c5ccccc5-c5ccccc54)C=CCC3)=NC(C3C=CC=C(c4ccccc4)C3)N2)CC(C2=CCCCC2)=C1. The van der Waals surface area contributed by atoms with Gasteiger partial charge in [-0.3, -0.25) is 0 Å². The van der Waals surface area contributed by atoms with E-state index in [4.69, 9.17) is 14.7 Å². The Labute approximate surface area is 364 Å². The molecule has 4 heteroatoms. The molecule has 5 aromatic carbocycles. The quantitative estimate of drug-likeness (QED) is 0.182. The molecule has 0 saturated carbocycles. The third kappa shape index (κ3) is 6.02. The lowest BCUT2D eigenvalue weighted by atomic mass is 9.65. The normalized spacial score (nSPS) is 22.8. The fourth-order valence-corrected chi connectivity index (χ4v) is 11.3. The molecular weight excluding hydrogens is 755 g/mol. The highest BCUT2D eigenvalue weighted by molar-refractivity contribution is 6.14. The van der Waals surface area contributed by atoms with E-state index < -0.39 is 5.41 Å². The number of fused-ring (bicyclic) bond motifs is 9. The summed E-state index contributed by atoms with van der Waals surface area (Å²) in [7, 11) is 0. The van der Waals surface area contributed by atoms with Crippen molar-refractivity contribution in [3.05, 3.63) is 226 Å². The van der Waals surface area contributed by atoms with Crippen molar-refractivity contribution in [3.8, 4) is 22.6 Å². The standard InChI is InChI=1S/C58H49N3O/c1-3-18-38(19-4-1)40-22-15-24-42(36-40)55-59-56(43-25-16-23-41(37-43)39-20-5-2-6-21-39)61-57(60-55)48-29-8-7-26-44(48)47-30-17-34-52-54(47)62-53-35-14-13-33-51(53)58(52)49-31-11-9-27-45(49)46-28-10-12-32-50(46)58/h1,3-4,7,9-20,22-28,30-35,42-43,55H,2,5-6,8,21,29,36-37H2,(H,59,60,61). The van der Waals surface area contributed by atoms with Crippen LogP contribution in [-0.4, -0.2) is 17.8 Å². The Kier molecular flexibility index (Phi) is 9.13. The molecule has 3 unspecified atom stereocenters. The van der Waals surface area contributed by atoms with Gasteiger partial charge in [0.25, 0.3) is 0 Å². The van der Waals surface area contributed by atoms with Crippen LogP contribution in [0.5, 0.6) is 11.5 Å². The van der Waals surface area contributed by atoms with Crippen molar-refractivity contribution in [3.63, 3.8) is 0 Å². The molecule has 2 aliphatic heterocycles. The number of para-hydroxylation sites is 2. The predicted octanol–water partition coefficient (Wildman–Crippen LogP) is 13.6. The van der Waals surface area contributed by atoms with Gasteiger partial charge in [-0.15, -0.1) is 0 Å². The van der Waals surface area contributed by atoms with Crippen molar-refractivity contribution in [2.75, 3.05) is 0 Å². The van der Waals surface area contributed by atoms with Gasteiger partial charge in [-0.05, 0) is 108 Å². The van der Waals surface area contributed by atoms with E-state index >= 15 is 0 Å². The molecule has 1 spiro atoms. The molecular formula is C58H49N3O. The molecule has 1 N–H and O–H groups in total. The topological polar surface area (TPSA) is 46.0 Å². The summed E-state index contributed by atoms with van der Waals surface area (Å²) in [6.07, 6.45) is 29.2. The maximum Gasteiger partial charge on any atom is 0.155 e. The van der Waals surface area contributed by atoms with E-state index in [0.29, 0.717) is 0 Å². The van der Waals surface area contributed by atoms with E-state index in [1.165, 1.54) is 80.5 Å². The van der Waals surface area contributed by atoms with Crippen LogP contribution in [0.2, 0.25) is 0 Å². The van der Waals surface area contributed by atoms with E-state index in [2.05, 4.69) is 181 Å². The number of rotatable bonds is 6. The average molecular weight is 804 g/mol. The Morgan fingerprint density at radius 3 is 2.16 bits per heavy atom. The van der Waals surface area contributed by atoms with E-state index in [0.717, 1.165) is 66.4 Å². The number of nitrogens with one attached hydrogen (secondary N) is 1. The number of nitrogens with zero attached hydrogens (tertiary/aromatic N) is 2. The maximum absolute atomic E-state index is 7.18. The minimum absolute atomic E-state index is 0.136. The summed E-state index contributed by atoms with van der Waals surface area (Å²) in [6.45, 7) is 0. The second-order valence-corrected chi connectivity index (χ2v) is 17.7. The number of amidine groups is 2. The Morgan fingerprint density at radius 1 is 0.613 bits per heavy atom. The molecule has 12 rings (SSSR count). The summed E-state index contributed by atoms with van der Waals surface area (Å²) in [4.78, 5) is 11.2. The molecule has 3 atom stereocenters. The Bertz CT molecular complexity index is 2890. The molecule has 0 bridgehead atoms. The first-order valence-electron chi connectivity index (χ1n) is 22.7. The van der Waals surface area contributed by atoms with Crippen molar-refractivity contribution in [2.24, 2.45) is 21.8 Å². The molecule has 0 fully saturated rings. The van der Waals surface area contributed by atoms with Crippen molar-refractivity contribution >= 4 is 22.8 Å². The van der Waals surface area contributed by atoms with Gasteiger partial charge < -0.3 is 10.1 Å². The zero-order valence-corrected chi connectivity index (χ0v) is 34.9. The third-order valence-corrected chi connectivity index (χ3v) is 14.2. The van der Waals surface area contributed by atoms with Crippen LogP contribution in [0.3, 0.4) is 0 Å². The van der Waals surface area contributed by atoms with Crippen molar-refractivity contribution in [1.29, 1.82) is 0 Å². The minimum atomic E-state index is -0.529. The van der Waals surface area contributed by atoms with Crippen LogP contribution >= 0.6 is 0 Å². The summed E-state index contributed by atoms with van der Waals surface area (Å²) < 4.78 is 7.18. The molecule has 302 valence electrons. The van der Waals surface area contributed by atoms with E-state index in [-0.39, 0.29) is 18.0 Å². The van der Waals surface area contributed by atoms with Gasteiger partial charge >= 0.3 is 0 Å². The molecule has 0 amide bonds. The summed E-state index contributed by atoms with van der Waals surface area (Å²) in [5.41, 5.74) is 15.9. The van der Waals surface area contributed by atoms with Crippen LogP contribution in [0, 0.1) is 11.8 Å². The van der Waals surface area contributed by atoms with Gasteiger partial charge in [-0.2, -0.15) is 0 Å². The Balaban J connectivity index is 1.01. The van der Waals surface area contributed by atoms with Crippen molar-refractivity contribution in [1.82, 2.24) is 5.32 Å². The number of hydrogen-bond donors (Lipinski definition) is 1. The lowest BCUT2D eigenvalue weighted by molar-refractivity contribution is 0.435. The fraction of sp³-hybridized carbons (Fsp3) is 0.207. The largest absolute Gasteiger partial charge is 0.456 e. The van der Waals surface area contributed by atoms with E-state index in [1.807, 2.05) is 0 Å². The molecule has 0 saturated heterocycles. The highest BCUT2D eigenvalue weighted by atomic mass is 16.5. The van der Waals surface area contributed by atoms with Crippen LogP contribution in [0.4, 0.5) is 0 Å². The second kappa shape index (κ2) is 15.3. The lowest BCUT2D eigenvalue weighted by Crippen LogP contribution is -2.46. The summed E-state index contributed by atoms with van der Waals surface area (Å²) >= 11 is 0. The van der Waals surface area contributed by atoms with Crippen LogP contribution in [-0.2, 0) is 5.41 Å². The fourth-order valence-electron chi connectivity index (χ4n) is 11.3. The van der Waals surface area contributed by atoms with Crippen LogP contribution in [0.25, 0.3) is 22.3 Å². The molecule has 5 aliphatic carbocycles. The third-order valence-electron chi connectivity index (χ3n) is 14.2. The monoisotopic (exact) mass is 803 g/mol. The van der Waals surface area contributed by atoms with Crippen molar-refractivity contribution < 1.29 is 4.74 Å². The predicted molar refractivity (Wildman–Crippen MR) is 254 cm³/mol. The number of allylic oxidation sites excluding steroid dienone is 11. The van der Waals surface area contributed by atoms with Gasteiger partial charge in [0.2, 0.25) is 0 Å². The zero-order chi connectivity index (χ0) is 41.0. The van der Waals surface area contributed by atoms with Gasteiger partial charge in [0.05, 0.1) is 5.41 Å². The minimum Gasteiger partial charge on any atom is -0.456 e. The van der Waals surface area contributed by atoms with Crippen LogP contribution in [0.15, 0.2) is 203 Å². The van der Waals surface area contributed by atoms with Gasteiger partial charge in [-0.25, -0.2) is 9.98 Å². The molecule has 0 radical (unpaired) electrons. The second-order valence-electron chi connectivity index (χ2n) is 17.7. The molecule has 4 nitrogen and oxygen atoms in total. The Hall–Kier alpha value is -6.78. The first-order valence-corrected chi connectivity index (χ1v) is 22.7. The lowest BCUT2D eigenvalue weighted by Gasteiger charge is -2.40. The number of aliphatic imine (C=N–C) groups is 2. The molecule has 5 aromatic rings. The van der Waals surface area contributed by atoms with Gasteiger partial charge in [0.15, 0.2) is 5.84 Å². The number of hydrogen-bond acceptors (Lipinski definition) is 4. The average Bonchev–Trinajstić information content (AvgIpc) is 3.65. The molecule has 2 heterocycles. The smallest absolute Gasteiger partial charge is 0.155 e. The molecule has 0 aromatic heterocycles. The van der Waals surface area contributed by atoms with Crippen LogP contribution in [0.1, 0.15) is 84.7 Å². The molecule has 62 heavy (non-hydrogen) atoms. The summed E-state index contributed by atoms with van der Waals surface area (Å²) in [5.74, 6) is 3.96. The van der Waals surface area contributed by atoms with E-state index in [1.54, 1.807) is 0 Å². The Morgan fingerprint density at radius 2 is 1.34 bits per heavy atom. The molecule has 7 aliphatic rings. The highest BCUT2D eigenvalue weighted by Crippen LogP contribution is 2.63. The highest BCUT2D eigenvalue weighted by Gasteiger charge is 2.51. The van der Waals surface area contributed by atoms with Gasteiger partial charge in [0, 0.05) is 34.1 Å². The first kappa shape index (κ1) is 37.0. The summed E-state index contributed by atoms with van der Waals surface area (Å²) in [5, 5.41) is 3.95. The first-order chi connectivity index (χ1) is 30.7. The number of benzene rings is 5. The van der Waals surface area contributed by atoms with Crippen LogP contribution < -0.4 is 10.1 Å². The maximum atomic E-state index is 7.18. The van der Waals surface area contributed by atoms with Gasteiger partial charge in [-0.1, -0.05) is 170 Å².